The van der Waals surface area contributed by atoms with E-state index < -0.39 is 0 Å². The number of nitrogens with one attached hydrogen (secondary N) is 1. The van der Waals surface area contributed by atoms with Gasteiger partial charge in [0.05, 0.1) is 36.6 Å². The van der Waals surface area contributed by atoms with Crippen LogP contribution in [0.3, 0.4) is 0 Å². The van der Waals surface area contributed by atoms with Gasteiger partial charge in [0.15, 0.2) is 5.13 Å². The Bertz CT molecular complexity index is 1010. The van der Waals surface area contributed by atoms with Gasteiger partial charge >= 0.3 is 5.97 Å². The Morgan fingerprint density at radius 3 is 2.41 bits per heavy atom. The molecule has 0 radical (unpaired) electrons. The van der Waals surface area contributed by atoms with Gasteiger partial charge in [0, 0.05) is 11.6 Å². The number of unbranched alkanes of at least 4 members (excludes halogenated alkanes) is 1. The molecule has 0 saturated heterocycles. The number of benzene rings is 2. The molecule has 2 aromatic carbocycles. The summed E-state index contributed by atoms with van der Waals surface area (Å²) in [5.41, 5.74) is 1.55. The van der Waals surface area contributed by atoms with Gasteiger partial charge in [-0.2, -0.15) is 0 Å². The number of anilines is 1. The number of hydrogen-bond acceptors (Lipinski definition) is 7. The van der Waals surface area contributed by atoms with Crippen LogP contribution in [0.4, 0.5) is 5.13 Å². The summed E-state index contributed by atoms with van der Waals surface area (Å²) >= 11 is 1.29. The second-order valence-corrected chi connectivity index (χ2v) is 7.28. The maximum absolute atomic E-state index is 12.6. The van der Waals surface area contributed by atoms with Crippen molar-refractivity contribution < 1.29 is 23.8 Å². The van der Waals surface area contributed by atoms with Crippen LogP contribution in [0.5, 0.6) is 11.5 Å². The molecule has 7 nitrogen and oxygen atoms in total. The van der Waals surface area contributed by atoms with E-state index in [1.807, 2.05) is 6.92 Å². The normalized spacial score (nSPS) is 10.6. The van der Waals surface area contributed by atoms with E-state index in [0.717, 1.165) is 17.5 Å². The third-order valence-corrected chi connectivity index (χ3v) is 5.12. The third-order valence-electron chi connectivity index (χ3n) is 4.19. The average Bonchev–Trinajstić information content (AvgIpc) is 3.14. The van der Waals surface area contributed by atoms with Crippen molar-refractivity contribution in [2.45, 2.75) is 19.8 Å². The molecule has 0 aliphatic heterocycles. The Labute approximate surface area is 172 Å². The molecule has 1 heterocycles. The minimum Gasteiger partial charge on any atom is -0.497 e. The monoisotopic (exact) mass is 414 g/mol. The highest BCUT2D eigenvalue weighted by molar-refractivity contribution is 7.22. The molecule has 3 aromatic rings. The largest absolute Gasteiger partial charge is 0.497 e. The van der Waals surface area contributed by atoms with Crippen LogP contribution in [0.2, 0.25) is 0 Å². The summed E-state index contributed by atoms with van der Waals surface area (Å²) in [6.07, 6.45) is 1.79. The molecule has 0 aliphatic rings. The number of esters is 1. The summed E-state index contributed by atoms with van der Waals surface area (Å²) in [6.45, 7) is 2.44. The first-order valence-corrected chi connectivity index (χ1v) is 9.97. The van der Waals surface area contributed by atoms with Gasteiger partial charge < -0.3 is 14.2 Å². The summed E-state index contributed by atoms with van der Waals surface area (Å²) in [5.74, 6) is 0.346. The van der Waals surface area contributed by atoms with Crippen molar-refractivity contribution in [1.29, 1.82) is 0 Å². The highest BCUT2D eigenvalue weighted by Gasteiger charge is 2.14. The first-order valence-electron chi connectivity index (χ1n) is 9.16. The topological polar surface area (TPSA) is 86.8 Å². The van der Waals surface area contributed by atoms with Gasteiger partial charge in [-0.05, 0) is 36.8 Å². The smallest absolute Gasteiger partial charge is 0.338 e. The van der Waals surface area contributed by atoms with Gasteiger partial charge in [-0.25, -0.2) is 9.78 Å². The fraction of sp³-hybridized carbons (Fsp3) is 0.286. The van der Waals surface area contributed by atoms with Crippen LogP contribution < -0.4 is 14.8 Å². The SMILES string of the molecule is CCCCOC(=O)c1ccc2nc(NC(=O)c3cc(OC)cc(OC)c3)sc2c1. The van der Waals surface area contributed by atoms with Crippen molar-refractivity contribution in [2.75, 3.05) is 26.1 Å². The molecule has 3 rings (SSSR count). The Kier molecular flexibility index (Phi) is 6.66. The van der Waals surface area contributed by atoms with E-state index in [0.29, 0.717) is 39.9 Å². The second-order valence-electron chi connectivity index (χ2n) is 6.25. The van der Waals surface area contributed by atoms with Gasteiger partial charge in [0.25, 0.3) is 5.91 Å². The lowest BCUT2D eigenvalue weighted by molar-refractivity contribution is 0.0500. The molecule has 0 atom stereocenters. The number of rotatable bonds is 8. The number of hydrogen-bond donors (Lipinski definition) is 1. The zero-order valence-electron chi connectivity index (χ0n) is 16.5. The van der Waals surface area contributed by atoms with Crippen LogP contribution in [-0.4, -0.2) is 37.7 Å². The first kappa shape index (κ1) is 20.6. The molecule has 0 bridgehead atoms. The molecule has 29 heavy (non-hydrogen) atoms. The second kappa shape index (κ2) is 9.38. The molecule has 152 valence electrons. The summed E-state index contributed by atoms with van der Waals surface area (Å²) in [6, 6.07) is 10.1. The van der Waals surface area contributed by atoms with Crippen molar-refractivity contribution in [1.82, 2.24) is 4.98 Å². The number of ether oxygens (including phenoxy) is 3. The Morgan fingerprint density at radius 1 is 1.03 bits per heavy atom. The summed E-state index contributed by atoms with van der Waals surface area (Å²) in [7, 11) is 3.05. The summed E-state index contributed by atoms with van der Waals surface area (Å²) in [4.78, 5) is 29.2. The van der Waals surface area contributed by atoms with Crippen LogP contribution in [0.15, 0.2) is 36.4 Å². The quantitative estimate of drug-likeness (QED) is 0.431. The average molecular weight is 414 g/mol. The Balaban J connectivity index is 1.77. The zero-order valence-corrected chi connectivity index (χ0v) is 17.3. The fourth-order valence-electron chi connectivity index (χ4n) is 2.61. The van der Waals surface area contributed by atoms with Gasteiger partial charge in [0.2, 0.25) is 0 Å². The van der Waals surface area contributed by atoms with Crippen molar-refractivity contribution >= 4 is 38.6 Å². The van der Waals surface area contributed by atoms with Crippen LogP contribution in [0, 0.1) is 0 Å². The Hall–Kier alpha value is -3.13. The third kappa shape index (κ3) is 5.03. The molecule has 0 unspecified atom stereocenters. The van der Waals surface area contributed by atoms with E-state index >= 15 is 0 Å². The molecule has 1 aromatic heterocycles. The molecular weight excluding hydrogens is 392 g/mol. The van der Waals surface area contributed by atoms with Gasteiger partial charge in [0.1, 0.15) is 11.5 Å². The summed E-state index contributed by atoms with van der Waals surface area (Å²) < 4.78 is 16.4. The van der Waals surface area contributed by atoms with E-state index in [1.54, 1.807) is 36.4 Å². The van der Waals surface area contributed by atoms with Crippen LogP contribution in [-0.2, 0) is 4.74 Å². The zero-order chi connectivity index (χ0) is 20.8. The molecule has 0 fully saturated rings. The van der Waals surface area contributed by atoms with E-state index in [4.69, 9.17) is 14.2 Å². The lowest BCUT2D eigenvalue weighted by Gasteiger charge is -2.07. The predicted molar refractivity (Wildman–Crippen MR) is 112 cm³/mol. The number of carbonyl (C=O) groups excluding carboxylic acids is 2. The van der Waals surface area contributed by atoms with E-state index in [1.165, 1.54) is 25.6 Å². The van der Waals surface area contributed by atoms with E-state index in [-0.39, 0.29) is 11.9 Å². The number of amides is 1. The van der Waals surface area contributed by atoms with Crippen molar-refractivity contribution in [3.63, 3.8) is 0 Å². The maximum Gasteiger partial charge on any atom is 0.338 e. The van der Waals surface area contributed by atoms with E-state index in [2.05, 4.69) is 10.3 Å². The van der Waals surface area contributed by atoms with E-state index in [9.17, 15) is 9.59 Å². The lowest BCUT2D eigenvalue weighted by Crippen LogP contribution is -2.12. The van der Waals surface area contributed by atoms with Gasteiger partial charge in [-0.1, -0.05) is 24.7 Å². The standard InChI is InChI=1S/C21H22N2O5S/c1-4-5-8-28-20(25)13-6-7-17-18(11-13)29-21(22-17)23-19(24)14-9-15(26-2)12-16(10-14)27-3/h6-7,9-12H,4-5,8H2,1-3H3,(H,22,23,24). The van der Waals surface area contributed by atoms with Gasteiger partial charge in [-0.15, -0.1) is 0 Å². The van der Waals surface area contributed by atoms with Crippen LogP contribution in [0.25, 0.3) is 10.2 Å². The molecule has 8 heteroatoms. The minimum atomic E-state index is -0.359. The molecule has 0 saturated carbocycles. The minimum absolute atomic E-state index is 0.333. The Morgan fingerprint density at radius 2 is 1.76 bits per heavy atom. The number of carbonyl (C=O) groups is 2. The van der Waals surface area contributed by atoms with Crippen molar-refractivity contribution in [3.8, 4) is 11.5 Å². The number of thiazole rings is 1. The molecule has 1 N–H and O–H groups in total. The molecule has 1 amide bonds. The number of methoxy groups -OCH3 is 2. The van der Waals surface area contributed by atoms with Crippen LogP contribution >= 0.6 is 11.3 Å². The first-order chi connectivity index (χ1) is 14.0. The fourth-order valence-corrected chi connectivity index (χ4v) is 3.51. The number of fused-ring (bicyclic) bond motifs is 1. The lowest BCUT2D eigenvalue weighted by atomic mass is 10.2. The molecule has 0 spiro atoms. The predicted octanol–water partition coefficient (Wildman–Crippen LogP) is 4.52. The molecule has 0 aliphatic carbocycles. The van der Waals surface area contributed by atoms with Crippen LogP contribution in [0.1, 0.15) is 40.5 Å². The number of nitrogens with zero attached hydrogens (tertiary/aromatic N) is 1. The maximum atomic E-state index is 12.6. The molecular formula is C21H22N2O5S. The van der Waals surface area contributed by atoms with Crippen molar-refractivity contribution in [3.05, 3.63) is 47.5 Å². The number of aromatic nitrogens is 1. The van der Waals surface area contributed by atoms with Crippen molar-refractivity contribution in [2.24, 2.45) is 0 Å². The van der Waals surface area contributed by atoms with Gasteiger partial charge in [-0.3, -0.25) is 10.1 Å². The highest BCUT2D eigenvalue weighted by atomic mass is 32.1. The summed E-state index contributed by atoms with van der Waals surface area (Å²) in [5, 5.41) is 3.22. The highest BCUT2D eigenvalue weighted by Crippen LogP contribution is 2.28.